The minimum Gasteiger partial charge on any atom is -0.394 e. The molecule has 382 valence electrons. The van der Waals surface area contributed by atoms with Gasteiger partial charge in [0.1, 0.15) is 48.8 Å². The Morgan fingerprint density at radius 1 is 0.538 bits per heavy atom. The van der Waals surface area contributed by atoms with Gasteiger partial charge in [-0.05, 0) is 32.1 Å². The number of carbonyl (C=O) groups excluding carboxylic acids is 1. The molecular formula is C51H95NO13. The molecule has 0 bridgehead atoms. The normalized spacial score (nSPS) is 27.2. The number of carbonyl (C=O) groups is 1. The summed E-state index contributed by atoms with van der Waals surface area (Å²) in [4.78, 5) is 13.2. The highest BCUT2D eigenvalue weighted by Crippen LogP contribution is 2.30. The summed E-state index contributed by atoms with van der Waals surface area (Å²) in [6.07, 6.45) is 25.2. The first-order valence-corrected chi connectivity index (χ1v) is 26.1. The van der Waals surface area contributed by atoms with Crippen molar-refractivity contribution in [3.05, 3.63) is 24.3 Å². The summed E-state index contributed by atoms with van der Waals surface area (Å²) in [5.74, 6) is -0.249. The van der Waals surface area contributed by atoms with Crippen LogP contribution in [-0.4, -0.2) is 140 Å². The highest BCUT2D eigenvalue weighted by molar-refractivity contribution is 5.76. The first-order valence-electron chi connectivity index (χ1n) is 26.1. The smallest absolute Gasteiger partial charge is 0.220 e. The van der Waals surface area contributed by atoms with Crippen LogP contribution in [0.4, 0.5) is 0 Å². The maximum Gasteiger partial charge on any atom is 0.220 e. The van der Waals surface area contributed by atoms with Crippen LogP contribution in [0.25, 0.3) is 0 Å². The Hall–Kier alpha value is -1.53. The van der Waals surface area contributed by atoms with E-state index in [9.17, 15) is 45.6 Å². The van der Waals surface area contributed by atoms with Crippen molar-refractivity contribution in [2.24, 2.45) is 0 Å². The minimum absolute atomic E-state index is 0.249. The molecule has 0 aromatic rings. The quantitative estimate of drug-likeness (QED) is 0.0225. The Bertz CT molecular complexity index is 1190. The molecule has 0 radical (unpaired) electrons. The van der Waals surface area contributed by atoms with Gasteiger partial charge >= 0.3 is 0 Å². The predicted octanol–water partition coefficient (Wildman–Crippen LogP) is 6.94. The van der Waals surface area contributed by atoms with Gasteiger partial charge in [0.25, 0.3) is 0 Å². The van der Waals surface area contributed by atoms with Crippen molar-refractivity contribution in [2.45, 2.75) is 274 Å². The molecule has 12 atom stereocenters. The standard InChI is InChI=1S/C51H95NO13/c1-3-5-7-9-11-13-15-16-17-18-19-20-21-22-23-24-25-27-29-31-33-35-43(56)52-39(40(55)34-32-30-28-26-14-12-10-8-6-4-2)38-62-50-48(61)46(59)49(42(37-54)64-50)65-51-47(60)45(58)44(57)41(36-53)63-51/h14,26,32,34,39-42,44-51,53-55,57-61H,3-13,15-25,27-31,33,35-38H2,1-2H3,(H,52,56)/b26-14+,34-32+. The average molecular weight is 930 g/mol. The van der Waals surface area contributed by atoms with E-state index < -0.39 is 86.8 Å². The first-order chi connectivity index (χ1) is 31.6. The Morgan fingerprint density at radius 2 is 0.985 bits per heavy atom. The fourth-order valence-electron chi connectivity index (χ4n) is 8.60. The van der Waals surface area contributed by atoms with Crippen LogP contribution in [0, 0.1) is 0 Å². The second-order valence-corrected chi connectivity index (χ2v) is 18.6. The predicted molar refractivity (Wildman–Crippen MR) is 254 cm³/mol. The minimum atomic E-state index is -1.79. The molecule has 0 aromatic heterocycles. The number of hydrogen-bond donors (Lipinski definition) is 9. The molecule has 2 rings (SSSR count). The summed E-state index contributed by atoms with van der Waals surface area (Å²) >= 11 is 0. The van der Waals surface area contributed by atoms with E-state index in [0.717, 1.165) is 32.1 Å². The number of aliphatic hydroxyl groups excluding tert-OH is 8. The molecule has 2 heterocycles. The SMILES string of the molecule is CCCCCC/C=C/CC/C=C/C(O)C(COC1OC(CO)C(OC2OC(CO)C(O)C(O)C2O)C(O)C1O)NC(=O)CCCCCCCCCCCCCCCCCCCCCCC. The molecule has 0 saturated carbocycles. The number of ether oxygens (including phenoxy) is 4. The molecule has 12 unspecified atom stereocenters. The van der Waals surface area contributed by atoms with Crippen molar-refractivity contribution < 1.29 is 64.6 Å². The fourth-order valence-corrected chi connectivity index (χ4v) is 8.60. The zero-order chi connectivity index (χ0) is 47.5. The van der Waals surface area contributed by atoms with Crippen LogP contribution >= 0.6 is 0 Å². The maximum atomic E-state index is 13.2. The largest absolute Gasteiger partial charge is 0.394 e. The van der Waals surface area contributed by atoms with Gasteiger partial charge in [0.2, 0.25) is 5.91 Å². The van der Waals surface area contributed by atoms with Gasteiger partial charge in [-0.3, -0.25) is 4.79 Å². The van der Waals surface area contributed by atoms with Gasteiger partial charge in [0.15, 0.2) is 12.6 Å². The lowest BCUT2D eigenvalue weighted by atomic mass is 9.97. The Kier molecular flexibility index (Phi) is 35.1. The van der Waals surface area contributed by atoms with E-state index in [2.05, 4.69) is 31.3 Å². The van der Waals surface area contributed by atoms with Crippen molar-refractivity contribution in [3.63, 3.8) is 0 Å². The molecule has 2 fully saturated rings. The number of allylic oxidation sites excluding steroid dienone is 3. The third-order valence-corrected chi connectivity index (χ3v) is 12.9. The summed E-state index contributed by atoms with van der Waals surface area (Å²) in [5, 5.41) is 86.6. The molecule has 0 aromatic carbocycles. The van der Waals surface area contributed by atoms with Gasteiger partial charge < -0.3 is 65.1 Å². The number of unbranched alkanes of at least 4 members (excludes halogenated alkanes) is 25. The molecule has 65 heavy (non-hydrogen) atoms. The van der Waals surface area contributed by atoms with Gasteiger partial charge in [0, 0.05) is 6.42 Å². The highest BCUT2D eigenvalue weighted by atomic mass is 16.7. The molecule has 14 heteroatoms. The fraction of sp³-hybridized carbons (Fsp3) is 0.902. The summed E-state index contributed by atoms with van der Waals surface area (Å²) in [7, 11) is 0. The lowest BCUT2D eigenvalue weighted by Gasteiger charge is -2.46. The highest BCUT2D eigenvalue weighted by Gasteiger charge is 2.51. The first kappa shape index (κ1) is 59.6. The summed E-state index contributed by atoms with van der Waals surface area (Å²) in [6, 6.07) is -0.925. The maximum absolute atomic E-state index is 13.2. The molecule has 2 aliphatic rings. The molecule has 2 saturated heterocycles. The Labute approximate surface area is 392 Å². The second kappa shape index (κ2) is 38.3. The lowest BCUT2D eigenvalue weighted by Crippen LogP contribution is -2.65. The van der Waals surface area contributed by atoms with Gasteiger partial charge in [-0.15, -0.1) is 0 Å². The molecule has 9 N–H and O–H groups in total. The van der Waals surface area contributed by atoms with Gasteiger partial charge in [-0.25, -0.2) is 0 Å². The van der Waals surface area contributed by atoms with Crippen LogP contribution in [-0.2, 0) is 23.7 Å². The van der Waals surface area contributed by atoms with Crippen LogP contribution < -0.4 is 5.32 Å². The van der Waals surface area contributed by atoms with E-state index in [1.165, 1.54) is 135 Å². The van der Waals surface area contributed by atoms with Crippen LogP contribution in [0.15, 0.2) is 24.3 Å². The lowest BCUT2D eigenvalue weighted by molar-refractivity contribution is -0.359. The van der Waals surface area contributed by atoms with Crippen LogP contribution in [0.1, 0.15) is 200 Å². The van der Waals surface area contributed by atoms with Gasteiger partial charge in [0.05, 0.1) is 32.0 Å². The van der Waals surface area contributed by atoms with E-state index >= 15 is 0 Å². The van der Waals surface area contributed by atoms with Crippen molar-refractivity contribution in [1.82, 2.24) is 5.32 Å². The molecular weight excluding hydrogens is 835 g/mol. The van der Waals surface area contributed by atoms with Crippen LogP contribution in [0.2, 0.25) is 0 Å². The summed E-state index contributed by atoms with van der Waals surface area (Å²) in [5.41, 5.74) is 0. The zero-order valence-electron chi connectivity index (χ0n) is 40.5. The molecule has 0 aliphatic carbocycles. The van der Waals surface area contributed by atoms with Crippen molar-refractivity contribution >= 4 is 5.91 Å². The van der Waals surface area contributed by atoms with E-state index in [-0.39, 0.29) is 18.9 Å². The third kappa shape index (κ3) is 25.6. The molecule has 0 spiro atoms. The van der Waals surface area contributed by atoms with Gasteiger partial charge in [-0.2, -0.15) is 0 Å². The number of hydrogen-bond acceptors (Lipinski definition) is 13. The second-order valence-electron chi connectivity index (χ2n) is 18.6. The number of rotatable bonds is 40. The number of aliphatic hydroxyl groups is 8. The summed E-state index contributed by atoms with van der Waals surface area (Å²) in [6.45, 7) is 2.73. The number of amides is 1. The zero-order valence-corrected chi connectivity index (χ0v) is 40.5. The van der Waals surface area contributed by atoms with E-state index in [0.29, 0.717) is 12.8 Å². The average Bonchev–Trinajstić information content (AvgIpc) is 3.30. The van der Waals surface area contributed by atoms with E-state index in [4.69, 9.17) is 18.9 Å². The van der Waals surface area contributed by atoms with Crippen molar-refractivity contribution in [3.8, 4) is 0 Å². The topological polar surface area (TPSA) is 228 Å². The monoisotopic (exact) mass is 930 g/mol. The third-order valence-electron chi connectivity index (χ3n) is 12.9. The summed E-state index contributed by atoms with van der Waals surface area (Å²) < 4.78 is 22.6. The Balaban J connectivity index is 1.78. The van der Waals surface area contributed by atoms with Crippen LogP contribution in [0.3, 0.4) is 0 Å². The molecule has 1 amide bonds. The van der Waals surface area contributed by atoms with E-state index in [1.54, 1.807) is 6.08 Å². The van der Waals surface area contributed by atoms with Crippen LogP contribution in [0.5, 0.6) is 0 Å². The van der Waals surface area contributed by atoms with E-state index in [1.807, 2.05) is 6.08 Å². The van der Waals surface area contributed by atoms with Crippen molar-refractivity contribution in [1.29, 1.82) is 0 Å². The molecule has 2 aliphatic heterocycles. The number of nitrogens with one attached hydrogen (secondary N) is 1. The Morgan fingerprint density at radius 3 is 1.51 bits per heavy atom. The van der Waals surface area contributed by atoms with Crippen molar-refractivity contribution in [2.75, 3.05) is 19.8 Å². The van der Waals surface area contributed by atoms with Gasteiger partial charge in [-0.1, -0.05) is 186 Å². The molecule has 14 nitrogen and oxygen atoms in total.